The van der Waals surface area contributed by atoms with Crippen molar-refractivity contribution in [2.45, 2.75) is 13.2 Å². The van der Waals surface area contributed by atoms with Gasteiger partial charge in [-0.05, 0) is 48.0 Å². The molecule has 6 heteroatoms. The average Bonchev–Trinajstić information content (AvgIpc) is 2.63. The van der Waals surface area contributed by atoms with Gasteiger partial charge in [0.1, 0.15) is 18.2 Å². The number of ether oxygens (including phenoxy) is 1. The topological polar surface area (TPSA) is 21.3 Å². The van der Waals surface area contributed by atoms with E-state index in [1.165, 1.54) is 6.07 Å². The summed E-state index contributed by atoms with van der Waals surface area (Å²) in [6, 6.07) is 17.5. The Balaban J connectivity index is 1.63. The van der Waals surface area contributed by atoms with Crippen molar-refractivity contribution in [1.29, 1.82) is 0 Å². The molecule has 0 amide bonds. The van der Waals surface area contributed by atoms with Crippen LogP contribution in [-0.2, 0) is 13.2 Å². The van der Waals surface area contributed by atoms with E-state index < -0.39 is 5.82 Å². The Bertz CT molecular complexity index is 897. The fourth-order valence-corrected chi connectivity index (χ4v) is 3.07. The number of nitrogens with one attached hydrogen (secondary N) is 1. The lowest BCUT2D eigenvalue weighted by Crippen LogP contribution is -2.01. The monoisotopic (exact) mass is 409 g/mol. The summed E-state index contributed by atoms with van der Waals surface area (Å²) >= 11 is 18.1. The molecule has 1 N–H and O–H groups in total. The summed E-state index contributed by atoms with van der Waals surface area (Å²) < 4.78 is 19.0. The molecule has 0 spiro atoms. The van der Waals surface area contributed by atoms with Crippen LogP contribution in [0.1, 0.15) is 11.1 Å². The molecule has 0 aliphatic rings. The third kappa shape index (κ3) is 4.82. The maximum atomic E-state index is 13.2. The van der Waals surface area contributed by atoms with Crippen LogP contribution in [0.5, 0.6) is 5.75 Å². The van der Waals surface area contributed by atoms with Crippen LogP contribution in [0, 0.1) is 5.82 Å². The molecule has 0 saturated heterocycles. The minimum absolute atomic E-state index is 0.0868. The van der Waals surface area contributed by atoms with Gasteiger partial charge in [-0.25, -0.2) is 4.39 Å². The first kappa shape index (κ1) is 18.8. The van der Waals surface area contributed by atoms with Crippen LogP contribution in [-0.4, -0.2) is 0 Å². The largest absolute Gasteiger partial charge is 0.489 e. The molecule has 2 nitrogen and oxygen atoms in total. The van der Waals surface area contributed by atoms with Crippen LogP contribution in [0.4, 0.5) is 10.1 Å². The van der Waals surface area contributed by atoms with Crippen LogP contribution in [0.15, 0.2) is 60.7 Å². The minimum atomic E-state index is -0.439. The van der Waals surface area contributed by atoms with Crippen molar-refractivity contribution < 1.29 is 9.13 Å². The summed E-state index contributed by atoms with van der Waals surface area (Å²) in [5.41, 5.74) is 2.50. The molecule has 0 unspecified atom stereocenters. The van der Waals surface area contributed by atoms with Crippen LogP contribution < -0.4 is 10.1 Å². The Morgan fingerprint density at radius 1 is 0.846 bits per heavy atom. The van der Waals surface area contributed by atoms with Crippen molar-refractivity contribution in [2.75, 3.05) is 5.32 Å². The number of rotatable bonds is 6. The number of hydrogen-bond donors (Lipinski definition) is 1. The van der Waals surface area contributed by atoms with Gasteiger partial charge in [-0.1, -0.05) is 53.0 Å². The second-order valence-corrected chi connectivity index (χ2v) is 6.84. The summed E-state index contributed by atoms with van der Waals surface area (Å²) in [6.45, 7) is 0.828. The SMILES string of the molecule is Fc1ccc(NCc2cccc(OCc3c(Cl)cccc3Cl)c2)cc1Cl. The molecule has 3 aromatic carbocycles. The number of hydrogen-bond acceptors (Lipinski definition) is 2. The van der Waals surface area contributed by atoms with E-state index in [2.05, 4.69) is 5.32 Å². The highest BCUT2D eigenvalue weighted by molar-refractivity contribution is 6.36. The van der Waals surface area contributed by atoms with Gasteiger partial charge in [0, 0.05) is 27.8 Å². The van der Waals surface area contributed by atoms with Crippen molar-refractivity contribution in [3.05, 3.63) is 92.7 Å². The molecular weight excluding hydrogens is 396 g/mol. The minimum Gasteiger partial charge on any atom is -0.489 e. The van der Waals surface area contributed by atoms with E-state index in [1.807, 2.05) is 24.3 Å². The van der Waals surface area contributed by atoms with Gasteiger partial charge >= 0.3 is 0 Å². The van der Waals surface area contributed by atoms with Crippen LogP contribution in [0.25, 0.3) is 0 Å². The predicted molar refractivity (Wildman–Crippen MR) is 106 cm³/mol. The molecule has 0 aliphatic heterocycles. The first-order chi connectivity index (χ1) is 12.5. The van der Waals surface area contributed by atoms with E-state index in [1.54, 1.807) is 30.3 Å². The molecule has 0 aliphatic carbocycles. The zero-order valence-electron chi connectivity index (χ0n) is 13.6. The second-order valence-electron chi connectivity index (χ2n) is 5.62. The summed E-state index contributed by atoms with van der Waals surface area (Å²) in [5, 5.41) is 4.43. The average molecular weight is 411 g/mol. The maximum absolute atomic E-state index is 13.2. The Kier molecular flexibility index (Phi) is 6.25. The second kappa shape index (κ2) is 8.63. The fraction of sp³-hybridized carbons (Fsp3) is 0.100. The third-order valence-electron chi connectivity index (χ3n) is 3.76. The fourth-order valence-electron chi connectivity index (χ4n) is 2.38. The van der Waals surface area contributed by atoms with Crippen LogP contribution >= 0.6 is 34.8 Å². The molecule has 0 saturated carbocycles. The quantitative estimate of drug-likeness (QED) is 0.473. The number of halogens is 4. The molecule has 0 radical (unpaired) electrons. The maximum Gasteiger partial charge on any atom is 0.141 e. The summed E-state index contributed by atoms with van der Waals surface area (Å²) in [4.78, 5) is 0. The lowest BCUT2D eigenvalue weighted by Gasteiger charge is -2.11. The van der Waals surface area contributed by atoms with Gasteiger partial charge in [-0.15, -0.1) is 0 Å². The third-order valence-corrected chi connectivity index (χ3v) is 4.76. The van der Waals surface area contributed by atoms with Crippen molar-refractivity contribution in [2.24, 2.45) is 0 Å². The molecule has 0 aromatic heterocycles. The van der Waals surface area contributed by atoms with Gasteiger partial charge in [0.15, 0.2) is 0 Å². The van der Waals surface area contributed by atoms with E-state index in [-0.39, 0.29) is 11.6 Å². The highest BCUT2D eigenvalue weighted by atomic mass is 35.5. The first-order valence-corrected chi connectivity index (χ1v) is 9.00. The van der Waals surface area contributed by atoms with Gasteiger partial charge in [0.2, 0.25) is 0 Å². The normalized spacial score (nSPS) is 10.6. The number of anilines is 1. The van der Waals surface area contributed by atoms with Crippen molar-refractivity contribution >= 4 is 40.5 Å². The molecule has 26 heavy (non-hydrogen) atoms. The zero-order valence-corrected chi connectivity index (χ0v) is 15.9. The lowest BCUT2D eigenvalue weighted by molar-refractivity contribution is 0.306. The van der Waals surface area contributed by atoms with E-state index in [4.69, 9.17) is 39.5 Å². The lowest BCUT2D eigenvalue weighted by atomic mass is 10.2. The van der Waals surface area contributed by atoms with E-state index in [0.29, 0.717) is 22.3 Å². The molecule has 0 atom stereocenters. The first-order valence-electron chi connectivity index (χ1n) is 7.86. The van der Waals surface area contributed by atoms with Gasteiger partial charge in [-0.2, -0.15) is 0 Å². The molecular formula is C20H15Cl3FNO. The Morgan fingerprint density at radius 2 is 1.58 bits per heavy atom. The van der Waals surface area contributed by atoms with Crippen molar-refractivity contribution in [3.8, 4) is 5.75 Å². The van der Waals surface area contributed by atoms with Crippen molar-refractivity contribution in [1.82, 2.24) is 0 Å². The molecule has 0 fully saturated rings. The van der Waals surface area contributed by atoms with Gasteiger partial charge in [0.25, 0.3) is 0 Å². The summed E-state index contributed by atoms with van der Waals surface area (Å²) in [5.74, 6) is 0.267. The number of benzene rings is 3. The summed E-state index contributed by atoms with van der Waals surface area (Å²) in [7, 11) is 0. The zero-order chi connectivity index (χ0) is 18.5. The predicted octanol–water partition coefficient (Wildman–Crippen LogP) is 6.98. The smallest absolute Gasteiger partial charge is 0.141 e. The summed E-state index contributed by atoms with van der Waals surface area (Å²) in [6.07, 6.45) is 0. The van der Waals surface area contributed by atoms with E-state index >= 15 is 0 Å². The van der Waals surface area contributed by atoms with Gasteiger partial charge in [0.05, 0.1) is 5.02 Å². The molecule has 0 heterocycles. The molecule has 3 rings (SSSR count). The van der Waals surface area contributed by atoms with E-state index in [0.717, 1.165) is 16.8 Å². The van der Waals surface area contributed by atoms with Crippen LogP contribution in [0.3, 0.4) is 0 Å². The highest BCUT2D eigenvalue weighted by Crippen LogP contribution is 2.26. The van der Waals surface area contributed by atoms with Gasteiger partial charge < -0.3 is 10.1 Å². The molecule has 0 bridgehead atoms. The Hall–Kier alpha value is -1.94. The Labute approximate surface area is 166 Å². The molecule has 3 aromatic rings. The standard InChI is InChI=1S/C20H15Cl3FNO/c21-17-5-2-6-18(22)16(17)12-26-15-4-1-3-13(9-15)11-25-14-7-8-20(24)19(23)10-14/h1-10,25H,11-12H2. The van der Waals surface area contributed by atoms with Crippen LogP contribution in [0.2, 0.25) is 15.1 Å². The van der Waals surface area contributed by atoms with Gasteiger partial charge in [-0.3, -0.25) is 0 Å². The van der Waals surface area contributed by atoms with Crippen molar-refractivity contribution in [3.63, 3.8) is 0 Å². The molecule has 134 valence electrons. The highest BCUT2D eigenvalue weighted by Gasteiger charge is 2.07. The Morgan fingerprint density at radius 3 is 2.31 bits per heavy atom. The van der Waals surface area contributed by atoms with E-state index in [9.17, 15) is 4.39 Å².